The molecule has 0 aromatic carbocycles. The molecule has 0 aliphatic rings. The van der Waals surface area contributed by atoms with E-state index in [0.717, 1.165) is 6.42 Å². The highest BCUT2D eigenvalue weighted by Gasteiger charge is 2.08. The summed E-state index contributed by atoms with van der Waals surface area (Å²) in [6.45, 7) is 2.66. The van der Waals surface area contributed by atoms with Crippen molar-refractivity contribution in [3.63, 3.8) is 0 Å². The van der Waals surface area contributed by atoms with Gasteiger partial charge in [0.2, 0.25) is 9.05 Å². The largest absolute Gasteiger partial charge is 0.385 e. The summed E-state index contributed by atoms with van der Waals surface area (Å²) in [7, 11) is 3.37. The lowest BCUT2D eigenvalue weighted by molar-refractivity contribution is 0.179. The molecule has 1 unspecified atom stereocenters. The van der Waals surface area contributed by atoms with Crippen LogP contribution in [-0.2, 0) is 13.8 Å². The van der Waals surface area contributed by atoms with Gasteiger partial charge in [0.1, 0.15) is 0 Å². The van der Waals surface area contributed by atoms with E-state index in [1.54, 1.807) is 7.11 Å². The Morgan fingerprint density at radius 2 is 2.00 bits per heavy atom. The first kappa shape index (κ1) is 12.2. The Labute approximate surface area is 78.5 Å². The Morgan fingerprint density at radius 3 is 2.42 bits per heavy atom. The highest BCUT2D eigenvalue weighted by Crippen LogP contribution is 2.10. The highest BCUT2D eigenvalue weighted by molar-refractivity contribution is 8.13. The Kier molecular flexibility index (Phi) is 5.88. The summed E-state index contributed by atoms with van der Waals surface area (Å²) in [5.41, 5.74) is 0. The summed E-state index contributed by atoms with van der Waals surface area (Å²) in [4.78, 5) is 0. The third-order valence-corrected chi connectivity index (χ3v) is 2.86. The lowest BCUT2D eigenvalue weighted by Crippen LogP contribution is -2.06. The summed E-state index contributed by atoms with van der Waals surface area (Å²) >= 11 is 0. The maximum Gasteiger partial charge on any atom is 0.232 e. The molecule has 3 nitrogen and oxygen atoms in total. The molecule has 0 aliphatic heterocycles. The number of methoxy groups -OCH3 is 1. The van der Waals surface area contributed by atoms with Crippen molar-refractivity contribution in [2.45, 2.75) is 19.8 Å². The van der Waals surface area contributed by atoms with Gasteiger partial charge in [-0.2, -0.15) is 0 Å². The molecule has 74 valence electrons. The van der Waals surface area contributed by atoms with E-state index < -0.39 is 9.05 Å². The minimum Gasteiger partial charge on any atom is -0.385 e. The monoisotopic (exact) mass is 214 g/mol. The number of hydrogen-bond donors (Lipinski definition) is 0. The zero-order valence-corrected chi connectivity index (χ0v) is 8.99. The van der Waals surface area contributed by atoms with Gasteiger partial charge >= 0.3 is 0 Å². The maximum atomic E-state index is 10.5. The van der Waals surface area contributed by atoms with Crippen molar-refractivity contribution in [1.82, 2.24) is 0 Å². The third-order valence-electron chi connectivity index (χ3n) is 1.67. The molecule has 0 aliphatic carbocycles. The Hall–Kier alpha value is 0.200. The van der Waals surface area contributed by atoms with E-state index in [1.807, 2.05) is 6.92 Å². The van der Waals surface area contributed by atoms with Crippen molar-refractivity contribution in [1.29, 1.82) is 0 Å². The molecule has 0 aromatic heterocycles. The van der Waals surface area contributed by atoms with Crippen LogP contribution in [-0.4, -0.2) is 27.9 Å². The fraction of sp³-hybridized carbons (Fsp3) is 1.00. The normalized spacial score (nSPS) is 14.6. The van der Waals surface area contributed by atoms with Gasteiger partial charge in [0, 0.05) is 24.4 Å². The quantitative estimate of drug-likeness (QED) is 0.631. The molecule has 0 rings (SSSR count). The smallest absolute Gasteiger partial charge is 0.232 e. The Bertz CT molecular complexity index is 201. The molecule has 1 atom stereocenters. The van der Waals surface area contributed by atoms with Crippen molar-refractivity contribution < 1.29 is 13.2 Å². The Balaban J connectivity index is 3.51. The number of ether oxygens (including phenoxy) is 1. The summed E-state index contributed by atoms with van der Waals surface area (Å²) in [6.07, 6.45) is 1.48. The molecule has 0 bridgehead atoms. The van der Waals surface area contributed by atoms with Crippen LogP contribution in [0.1, 0.15) is 19.8 Å². The van der Waals surface area contributed by atoms with Crippen molar-refractivity contribution in [2.75, 3.05) is 19.5 Å². The average Bonchev–Trinajstić information content (AvgIpc) is 1.95. The highest BCUT2D eigenvalue weighted by atomic mass is 35.7. The van der Waals surface area contributed by atoms with Crippen LogP contribution in [0.15, 0.2) is 0 Å². The number of hydrogen-bond acceptors (Lipinski definition) is 3. The van der Waals surface area contributed by atoms with E-state index in [9.17, 15) is 8.42 Å². The third kappa shape index (κ3) is 8.30. The second kappa shape index (κ2) is 5.78. The van der Waals surface area contributed by atoms with E-state index in [2.05, 4.69) is 0 Å². The van der Waals surface area contributed by atoms with Crippen LogP contribution in [0, 0.1) is 5.92 Å². The first-order valence-corrected chi connectivity index (χ1v) is 6.35. The summed E-state index contributed by atoms with van der Waals surface area (Å²) in [6, 6.07) is 0. The van der Waals surface area contributed by atoms with Crippen LogP contribution in [0.4, 0.5) is 0 Å². The maximum absolute atomic E-state index is 10.5. The van der Waals surface area contributed by atoms with Crippen molar-refractivity contribution >= 4 is 19.7 Å². The van der Waals surface area contributed by atoms with Gasteiger partial charge in [0.15, 0.2) is 0 Å². The van der Waals surface area contributed by atoms with Crippen LogP contribution in [0.3, 0.4) is 0 Å². The molecule has 0 aromatic rings. The van der Waals surface area contributed by atoms with Crippen molar-refractivity contribution in [3.8, 4) is 0 Å². The van der Waals surface area contributed by atoms with Gasteiger partial charge < -0.3 is 4.74 Å². The lowest BCUT2D eigenvalue weighted by atomic mass is 10.1. The van der Waals surface area contributed by atoms with Crippen LogP contribution in [0.5, 0.6) is 0 Å². The molecular weight excluding hydrogens is 200 g/mol. The first-order valence-electron chi connectivity index (χ1n) is 3.87. The van der Waals surface area contributed by atoms with E-state index in [-0.39, 0.29) is 5.75 Å². The summed E-state index contributed by atoms with van der Waals surface area (Å²) < 4.78 is 25.9. The molecule has 0 heterocycles. The predicted octanol–water partition coefficient (Wildman–Crippen LogP) is 1.62. The molecule has 0 saturated carbocycles. The predicted molar refractivity (Wildman–Crippen MR) is 49.9 cm³/mol. The fourth-order valence-corrected chi connectivity index (χ4v) is 1.76. The first-order chi connectivity index (χ1) is 5.45. The average molecular weight is 215 g/mol. The van der Waals surface area contributed by atoms with Gasteiger partial charge in [-0.1, -0.05) is 6.92 Å². The lowest BCUT2D eigenvalue weighted by Gasteiger charge is -2.08. The van der Waals surface area contributed by atoms with Gasteiger partial charge in [-0.15, -0.1) is 0 Å². The Morgan fingerprint density at radius 1 is 1.42 bits per heavy atom. The second-order valence-electron chi connectivity index (χ2n) is 2.92. The van der Waals surface area contributed by atoms with E-state index in [1.165, 1.54) is 0 Å². The fourth-order valence-electron chi connectivity index (χ4n) is 0.805. The molecule has 0 N–H and O–H groups in total. The molecular formula is C7H15ClO3S. The van der Waals surface area contributed by atoms with Gasteiger partial charge in [0.25, 0.3) is 0 Å². The van der Waals surface area contributed by atoms with Crippen LogP contribution < -0.4 is 0 Å². The molecule has 0 amide bonds. The molecule has 0 spiro atoms. The molecule has 0 saturated heterocycles. The van der Waals surface area contributed by atoms with Crippen molar-refractivity contribution in [2.24, 2.45) is 5.92 Å². The summed E-state index contributed by atoms with van der Waals surface area (Å²) in [5.74, 6) is 0.401. The SMILES string of the molecule is COCCC(C)CCS(=O)(=O)Cl. The van der Waals surface area contributed by atoms with Gasteiger partial charge in [-0.25, -0.2) is 8.42 Å². The zero-order chi connectivity index (χ0) is 9.61. The number of halogens is 1. The van der Waals surface area contributed by atoms with Gasteiger partial charge in [-0.3, -0.25) is 0 Å². The van der Waals surface area contributed by atoms with Crippen LogP contribution in [0.25, 0.3) is 0 Å². The standard InChI is InChI=1S/C7H15ClO3S/c1-7(3-5-11-2)4-6-12(8,9)10/h7H,3-6H2,1-2H3. The minimum atomic E-state index is -3.31. The van der Waals surface area contributed by atoms with Crippen LogP contribution >= 0.6 is 10.7 Å². The molecule has 5 heteroatoms. The van der Waals surface area contributed by atoms with E-state index in [0.29, 0.717) is 18.9 Å². The van der Waals surface area contributed by atoms with Crippen LogP contribution in [0.2, 0.25) is 0 Å². The molecule has 0 radical (unpaired) electrons. The van der Waals surface area contributed by atoms with Gasteiger partial charge in [-0.05, 0) is 18.8 Å². The second-order valence-corrected chi connectivity index (χ2v) is 5.81. The van der Waals surface area contributed by atoms with E-state index in [4.69, 9.17) is 15.4 Å². The molecule has 12 heavy (non-hydrogen) atoms. The zero-order valence-electron chi connectivity index (χ0n) is 7.42. The molecule has 0 fully saturated rings. The topological polar surface area (TPSA) is 43.4 Å². The van der Waals surface area contributed by atoms with Crippen molar-refractivity contribution in [3.05, 3.63) is 0 Å². The van der Waals surface area contributed by atoms with E-state index >= 15 is 0 Å². The minimum absolute atomic E-state index is 0.0550. The summed E-state index contributed by atoms with van der Waals surface area (Å²) in [5, 5.41) is 0. The number of rotatable bonds is 6. The van der Waals surface area contributed by atoms with Gasteiger partial charge in [0.05, 0.1) is 5.75 Å².